The van der Waals surface area contributed by atoms with Gasteiger partial charge in [-0.05, 0) is 25.3 Å². The van der Waals surface area contributed by atoms with Crippen LogP contribution in [0.15, 0.2) is 17.1 Å². The van der Waals surface area contributed by atoms with E-state index in [0.717, 1.165) is 5.04 Å². The summed E-state index contributed by atoms with van der Waals surface area (Å²) < 4.78 is 12.8. The summed E-state index contributed by atoms with van der Waals surface area (Å²) in [6.45, 7) is 1.91. The highest BCUT2D eigenvalue weighted by atomic mass is 32.2. The third kappa shape index (κ3) is 2.32. The minimum atomic E-state index is -0.483. The summed E-state index contributed by atoms with van der Waals surface area (Å²) in [7, 11) is 0. The van der Waals surface area contributed by atoms with Crippen molar-refractivity contribution in [3.63, 3.8) is 0 Å². The fraction of sp³-hybridized carbons (Fsp3) is 0.222. The maximum Gasteiger partial charge on any atom is 0.214 e. The highest BCUT2D eigenvalue weighted by Crippen LogP contribution is 2.27. The summed E-state index contributed by atoms with van der Waals surface area (Å²) >= 11 is 2.85. The van der Waals surface area contributed by atoms with Crippen molar-refractivity contribution in [3.05, 3.63) is 18.1 Å². The van der Waals surface area contributed by atoms with Gasteiger partial charge in [0.2, 0.25) is 11.1 Å². The maximum atomic E-state index is 12.8. The third-order valence-corrected chi connectivity index (χ3v) is 3.30. The molecule has 0 N–H and O–H groups in total. The third-order valence-electron chi connectivity index (χ3n) is 1.76. The first-order valence-corrected chi connectivity index (χ1v) is 6.25. The van der Waals surface area contributed by atoms with Crippen LogP contribution in [0.5, 0.6) is 0 Å². The molecule has 0 bridgehead atoms. The molecular formula is C9H8FN3S2. The lowest BCUT2D eigenvalue weighted by Gasteiger charge is -1.88. The normalized spacial score (nSPS) is 12.3. The Morgan fingerprint density at radius 1 is 1.47 bits per heavy atom. The molecule has 0 unspecified atom stereocenters. The van der Waals surface area contributed by atoms with E-state index in [-0.39, 0.29) is 0 Å². The van der Waals surface area contributed by atoms with Gasteiger partial charge in [0.25, 0.3) is 0 Å². The molecule has 2 heterocycles. The fourth-order valence-corrected chi connectivity index (χ4v) is 2.10. The molecule has 0 aromatic carbocycles. The van der Waals surface area contributed by atoms with Crippen molar-refractivity contribution in [3.8, 4) is 0 Å². The Kier molecular flexibility index (Phi) is 2.97. The average Bonchev–Trinajstić information content (AvgIpc) is 2.59. The lowest BCUT2D eigenvalue weighted by Crippen LogP contribution is -1.79. The second-order valence-corrected chi connectivity index (χ2v) is 4.74. The Bertz CT molecular complexity index is 521. The Labute approximate surface area is 94.5 Å². The Hall–Kier alpha value is -1.01. The number of thioether (sulfide) groups is 1. The minimum absolute atomic E-state index is 0.483. The van der Waals surface area contributed by atoms with Crippen molar-refractivity contribution in [2.24, 2.45) is 4.99 Å². The highest BCUT2D eigenvalue weighted by molar-refractivity contribution is 8.13. The van der Waals surface area contributed by atoms with Gasteiger partial charge in [0, 0.05) is 0 Å². The van der Waals surface area contributed by atoms with E-state index in [9.17, 15) is 4.39 Å². The largest absolute Gasteiger partial charge is 0.218 e. The number of halogens is 1. The SMILES string of the molecule is CS/C(C)=N\c1nc2ccc(F)nc2s1. The first kappa shape index (κ1) is 10.5. The number of fused-ring (bicyclic) bond motifs is 1. The van der Waals surface area contributed by atoms with Crippen molar-refractivity contribution in [2.75, 3.05) is 6.26 Å². The molecule has 0 aliphatic heterocycles. The minimum Gasteiger partial charge on any atom is -0.218 e. The van der Waals surface area contributed by atoms with E-state index in [4.69, 9.17) is 0 Å². The number of hydrogen-bond donors (Lipinski definition) is 0. The summed E-state index contributed by atoms with van der Waals surface area (Å²) in [4.78, 5) is 12.8. The van der Waals surface area contributed by atoms with Crippen LogP contribution in [0.1, 0.15) is 6.92 Å². The average molecular weight is 241 g/mol. The number of thiazole rings is 1. The van der Waals surface area contributed by atoms with E-state index in [2.05, 4.69) is 15.0 Å². The van der Waals surface area contributed by atoms with Crippen molar-refractivity contribution in [2.45, 2.75) is 6.92 Å². The van der Waals surface area contributed by atoms with E-state index in [0.29, 0.717) is 15.5 Å². The van der Waals surface area contributed by atoms with Gasteiger partial charge >= 0.3 is 0 Å². The van der Waals surface area contributed by atoms with Crippen LogP contribution in [0.4, 0.5) is 9.52 Å². The van der Waals surface area contributed by atoms with E-state index in [1.54, 1.807) is 17.8 Å². The standard InChI is InChI=1S/C9H8FN3S2/c1-5(14-2)11-9-12-6-3-4-7(10)13-8(6)15-9/h3-4H,1-2H3/b11-5-. The predicted molar refractivity (Wildman–Crippen MR) is 63.7 cm³/mol. The Morgan fingerprint density at radius 2 is 2.27 bits per heavy atom. The summed E-state index contributed by atoms with van der Waals surface area (Å²) in [6, 6.07) is 2.92. The van der Waals surface area contributed by atoms with Crippen LogP contribution in [0.25, 0.3) is 10.3 Å². The number of aromatic nitrogens is 2. The van der Waals surface area contributed by atoms with Crippen molar-refractivity contribution < 1.29 is 4.39 Å². The van der Waals surface area contributed by atoms with Gasteiger partial charge in [-0.1, -0.05) is 11.3 Å². The second-order valence-electron chi connectivity index (χ2n) is 2.79. The Balaban J connectivity index is 2.47. The summed E-state index contributed by atoms with van der Waals surface area (Å²) in [5.41, 5.74) is 0.689. The molecule has 2 rings (SSSR count). The molecule has 0 aliphatic carbocycles. The molecule has 0 atom stereocenters. The van der Waals surface area contributed by atoms with Gasteiger partial charge < -0.3 is 0 Å². The fourth-order valence-electron chi connectivity index (χ4n) is 1.01. The first-order chi connectivity index (χ1) is 7.19. The summed E-state index contributed by atoms with van der Waals surface area (Å²) in [6.07, 6.45) is 1.95. The molecule has 6 heteroatoms. The zero-order valence-electron chi connectivity index (χ0n) is 8.19. The molecular weight excluding hydrogens is 233 g/mol. The number of aliphatic imine (C=N–C) groups is 1. The Morgan fingerprint density at radius 3 is 3.00 bits per heavy atom. The van der Waals surface area contributed by atoms with E-state index >= 15 is 0 Å². The summed E-state index contributed by atoms with van der Waals surface area (Å²) in [5.74, 6) is -0.483. The molecule has 2 aromatic rings. The monoisotopic (exact) mass is 241 g/mol. The molecule has 0 fully saturated rings. The zero-order valence-corrected chi connectivity index (χ0v) is 9.82. The van der Waals surface area contributed by atoms with Gasteiger partial charge in [-0.25, -0.2) is 15.0 Å². The molecule has 2 aromatic heterocycles. The van der Waals surface area contributed by atoms with Crippen LogP contribution in [-0.4, -0.2) is 21.3 Å². The maximum absolute atomic E-state index is 12.8. The lowest BCUT2D eigenvalue weighted by molar-refractivity contribution is 0.589. The number of hydrogen-bond acceptors (Lipinski definition) is 5. The van der Waals surface area contributed by atoms with Gasteiger partial charge in [0.05, 0.1) is 5.04 Å². The van der Waals surface area contributed by atoms with E-state index in [1.807, 2.05) is 13.2 Å². The molecule has 3 nitrogen and oxygen atoms in total. The molecule has 0 amide bonds. The highest BCUT2D eigenvalue weighted by Gasteiger charge is 2.05. The zero-order chi connectivity index (χ0) is 10.8. The smallest absolute Gasteiger partial charge is 0.214 e. The van der Waals surface area contributed by atoms with Gasteiger partial charge in [-0.2, -0.15) is 4.39 Å². The number of nitrogens with zero attached hydrogens (tertiary/aromatic N) is 3. The quantitative estimate of drug-likeness (QED) is 0.437. The van der Waals surface area contributed by atoms with E-state index in [1.165, 1.54) is 17.4 Å². The van der Waals surface area contributed by atoms with Crippen LogP contribution < -0.4 is 0 Å². The van der Waals surface area contributed by atoms with Crippen molar-refractivity contribution >= 4 is 43.6 Å². The lowest BCUT2D eigenvalue weighted by atomic mass is 10.4. The first-order valence-electron chi connectivity index (χ1n) is 4.21. The van der Waals surface area contributed by atoms with Crippen LogP contribution in [0.3, 0.4) is 0 Å². The van der Waals surface area contributed by atoms with Crippen LogP contribution in [0, 0.1) is 5.95 Å². The topological polar surface area (TPSA) is 38.1 Å². The van der Waals surface area contributed by atoms with Crippen molar-refractivity contribution in [1.29, 1.82) is 0 Å². The molecule has 0 saturated heterocycles. The van der Waals surface area contributed by atoms with Crippen molar-refractivity contribution in [1.82, 2.24) is 9.97 Å². The van der Waals surface area contributed by atoms with Crippen LogP contribution in [-0.2, 0) is 0 Å². The predicted octanol–water partition coefficient (Wildman–Crippen LogP) is 3.24. The molecule has 0 radical (unpaired) electrons. The second kappa shape index (κ2) is 4.24. The van der Waals surface area contributed by atoms with Crippen LogP contribution >= 0.6 is 23.1 Å². The van der Waals surface area contributed by atoms with Crippen LogP contribution in [0.2, 0.25) is 0 Å². The molecule has 78 valence electrons. The molecule has 15 heavy (non-hydrogen) atoms. The number of rotatable bonds is 1. The summed E-state index contributed by atoms with van der Waals surface area (Å²) in [5, 5.41) is 1.55. The molecule has 0 saturated carbocycles. The van der Waals surface area contributed by atoms with Gasteiger partial charge in [-0.15, -0.1) is 11.8 Å². The van der Waals surface area contributed by atoms with Gasteiger partial charge in [0.15, 0.2) is 0 Å². The van der Waals surface area contributed by atoms with E-state index < -0.39 is 5.95 Å². The van der Waals surface area contributed by atoms with Gasteiger partial charge in [0.1, 0.15) is 10.3 Å². The van der Waals surface area contributed by atoms with Gasteiger partial charge in [-0.3, -0.25) is 0 Å². The number of pyridine rings is 1. The molecule has 0 spiro atoms. The molecule has 0 aliphatic rings.